The average molecular weight is 352 g/mol. The zero-order valence-corrected chi connectivity index (χ0v) is 14.3. The number of benzene rings is 1. The van der Waals surface area contributed by atoms with Gasteiger partial charge in [0.1, 0.15) is 11.5 Å². The van der Waals surface area contributed by atoms with Crippen LogP contribution in [0.3, 0.4) is 0 Å². The van der Waals surface area contributed by atoms with Gasteiger partial charge in [0.05, 0.1) is 6.04 Å². The van der Waals surface area contributed by atoms with Crippen molar-refractivity contribution >= 4 is 5.91 Å². The molecule has 1 atom stereocenters. The van der Waals surface area contributed by atoms with E-state index in [1.165, 1.54) is 22.9 Å². The first-order valence-electron chi connectivity index (χ1n) is 8.04. The van der Waals surface area contributed by atoms with Crippen molar-refractivity contribution < 1.29 is 9.18 Å². The molecule has 0 saturated carbocycles. The van der Waals surface area contributed by atoms with Crippen molar-refractivity contribution in [3.63, 3.8) is 0 Å². The average Bonchev–Trinajstić information content (AvgIpc) is 2.63. The Hall–Kier alpha value is -3.35. The van der Waals surface area contributed by atoms with Gasteiger partial charge >= 0.3 is 0 Å². The van der Waals surface area contributed by atoms with Crippen molar-refractivity contribution in [2.75, 3.05) is 0 Å². The quantitative estimate of drug-likeness (QED) is 0.783. The lowest BCUT2D eigenvalue weighted by atomic mass is 10.1. The van der Waals surface area contributed by atoms with E-state index in [2.05, 4.69) is 15.4 Å². The highest BCUT2D eigenvalue weighted by Crippen LogP contribution is 2.14. The van der Waals surface area contributed by atoms with Gasteiger partial charge in [-0.25, -0.2) is 9.07 Å². The van der Waals surface area contributed by atoms with Crippen LogP contribution in [-0.2, 0) is 0 Å². The molecule has 7 heteroatoms. The van der Waals surface area contributed by atoms with E-state index in [0.717, 1.165) is 5.56 Å². The third-order valence-electron chi connectivity index (χ3n) is 3.96. The summed E-state index contributed by atoms with van der Waals surface area (Å²) >= 11 is 0. The van der Waals surface area contributed by atoms with Gasteiger partial charge < -0.3 is 5.32 Å². The van der Waals surface area contributed by atoms with Crippen LogP contribution < -0.4 is 10.7 Å². The van der Waals surface area contributed by atoms with Gasteiger partial charge in [0, 0.05) is 24.2 Å². The number of amides is 1. The van der Waals surface area contributed by atoms with Gasteiger partial charge in [0.25, 0.3) is 5.91 Å². The maximum Gasteiger partial charge on any atom is 0.276 e. The predicted molar refractivity (Wildman–Crippen MR) is 94.6 cm³/mol. The fourth-order valence-electron chi connectivity index (χ4n) is 2.57. The second kappa shape index (κ2) is 7.26. The summed E-state index contributed by atoms with van der Waals surface area (Å²) in [5, 5.41) is 6.82. The van der Waals surface area contributed by atoms with Gasteiger partial charge in [-0.3, -0.25) is 14.6 Å². The zero-order chi connectivity index (χ0) is 18.7. The standard InChI is InChI=1S/C19H17FN4O2/c1-12-11-17(25)18(23-24(12)16-6-4-3-5-15(16)20)19(26)22-13(2)14-7-9-21-10-8-14/h3-11,13H,1-2H3,(H,22,26)/t13-/m0/s1. The lowest BCUT2D eigenvalue weighted by Gasteiger charge is -2.15. The maximum absolute atomic E-state index is 14.1. The molecule has 3 rings (SSSR count). The highest BCUT2D eigenvalue weighted by Gasteiger charge is 2.18. The van der Waals surface area contributed by atoms with E-state index < -0.39 is 17.2 Å². The van der Waals surface area contributed by atoms with E-state index >= 15 is 0 Å². The highest BCUT2D eigenvalue weighted by molar-refractivity contribution is 5.92. The molecule has 1 amide bonds. The molecule has 0 radical (unpaired) electrons. The summed E-state index contributed by atoms with van der Waals surface area (Å²) in [4.78, 5) is 28.7. The molecule has 0 bridgehead atoms. The molecule has 6 nitrogen and oxygen atoms in total. The minimum absolute atomic E-state index is 0.168. The summed E-state index contributed by atoms with van der Waals surface area (Å²) in [5.74, 6) is -1.12. The Labute approximate surface area is 149 Å². The number of nitrogens with zero attached hydrogens (tertiary/aromatic N) is 3. The van der Waals surface area contributed by atoms with E-state index in [1.54, 1.807) is 50.5 Å². The Morgan fingerprint density at radius 2 is 1.88 bits per heavy atom. The maximum atomic E-state index is 14.1. The van der Waals surface area contributed by atoms with Crippen molar-refractivity contribution in [3.8, 4) is 5.69 Å². The second-order valence-electron chi connectivity index (χ2n) is 5.84. The molecule has 2 aromatic heterocycles. The molecule has 132 valence electrons. The molecule has 0 aliphatic carbocycles. The molecule has 26 heavy (non-hydrogen) atoms. The number of hydrogen-bond acceptors (Lipinski definition) is 4. The van der Waals surface area contributed by atoms with Crippen LogP contribution >= 0.6 is 0 Å². The minimum Gasteiger partial charge on any atom is -0.344 e. The van der Waals surface area contributed by atoms with Crippen LogP contribution in [0.4, 0.5) is 4.39 Å². The monoisotopic (exact) mass is 352 g/mol. The lowest BCUT2D eigenvalue weighted by molar-refractivity contribution is 0.0931. The summed E-state index contributed by atoms with van der Waals surface area (Å²) in [5.41, 5.74) is 0.629. The van der Waals surface area contributed by atoms with Gasteiger partial charge in [-0.2, -0.15) is 5.10 Å². The summed E-state index contributed by atoms with van der Waals surface area (Å²) in [6, 6.07) is 10.5. The molecule has 0 unspecified atom stereocenters. The van der Waals surface area contributed by atoms with E-state index in [0.29, 0.717) is 5.69 Å². The first-order chi connectivity index (χ1) is 12.5. The molecular formula is C19H17FN4O2. The zero-order valence-electron chi connectivity index (χ0n) is 14.3. The fraction of sp³-hybridized carbons (Fsp3) is 0.158. The second-order valence-corrected chi connectivity index (χ2v) is 5.84. The number of aryl methyl sites for hydroxylation is 1. The molecule has 3 aromatic rings. The molecule has 0 aliphatic rings. The number of carbonyl (C=O) groups excluding carboxylic acids is 1. The van der Waals surface area contributed by atoms with Crippen molar-refractivity contribution in [1.82, 2.24) is 20.1 Å². The van der Waals surface area contributed by atoms with Crippen LogP contribution in [0.5, 0.6) is 0 Å². The summed E-state index contributed by atoms with van der Waals surface area (Å²) in [6.45, 7) is 3.42. The lowest BCUT2D eigenvalue weighted by Crippen LogP contribution is -2.33. The normalized spacial score (nSPS) is 11.8. The first kappa shape index (κ1) is 17.5. The molecule has 0 spiro atoms. The van der Waals surface area contributed by atoms with E-state index in [1.807, 2.05) is 0 Å². The largest absolute Gasteiger partial charge is 0.344 e. The number of carbonyl (C=O) groups is 1. The Morgan fingerprint density at radius 3 is 2.58 bits per heavy atom. The third-order valence-corrected chi connectivity index (χ3v) is 3.96. The number of halogens is 1. The van der Waals surface area contributed by atoms with Gasteiger partial charge in [0.15, 0.2) is 5.69 Å². The number of rotatable bonds is 4. The van der Waals surface area contributed by atoms with E-state index in [4.69, 9.17) is 0 Å². The van der Waals surface area contributed by atoms with Crippen LogP contribution in [0.25, 0.3) is 5.69 Å². The van der Waals surface area contributed by atoms with Crippen LogP contribution in [0, 0.1) is 12.7 Å². The third kappa shape index (κ3) is 3.51. The number of pyridine rings is 1. The highest BCUT2D eigenvalue weighted by atomic mass is 19.1. The Morgan fingerprint density at radius 1 is 1.19 bits per heavy atom. The number of aromatic nitrogens is 3. The van der Waals surface area contributed by atoms with Gasteiger partial charge in [-0.1, -0.05) is 12.1 Å². The molecule has 2 heterocycles. The molecular weight excluding hydrogens is 335 g/mol. The molecule has 0 aliphatic heterocycles. The molecule has 0 fully saturated rings. The van der Waals surface area contributed by atoms with Gasteiger partial charge in [-0.05, 0) is 43.7 Å². The van der Waals surface area contributed by atoms with E-state index in [9.17, 15) is 14.0 Å². The minimum atomic E-state index is -0.621. The Balaban J connectivity index is 1.95. The van der Waals surface area contributed by atoms with Crippen LogP contribution in [0.2, 0.25) is 0 Å². The smallest absolute Gasteiger partial charge is 0.276 e. The Kier molecular flexibility index (Phi) is 4.88. The molecule has 1 aromatic carbocycles. The van der Waals surface area contributed by atoms with Crippen LogP contribution in [0.15, 0.2) is 59.7 Å². The summed E-state index contributed by atoms with van der Waals surface area (Å²) in [7, 11) is 0. The SMILES string of the molecule is Cc1cc(=O)c(C(=O)N[C@@H](C)c2ccncc2)nn1-c1ccccc1F. The first-order valence-corrected chi connectivity index (χ1v) is 8.04. The predicted octanol–water partition coefficient (Wildman–Crippen LogP) is 2.57. The van der Waals surface area contributed by atoms with Crippen molar-refractivity contribution in [1.29, 1.82) is 0 Å². The topological polar surface area (TPSA) is 76.9 Å². The fourth-order valence-corrected chi connectivity index (χ4v) is 2.57. The van der Waals surface area contributed by atoms with E-state index in [-0.39, 0.29) is 17.4 Å². The number of nitrogens with one attached hydrogen (secondary N) is 1. The number of para-hydroxylation sites is 1. The summed E-state index contributed by atoms with van der Waals surface area (Å²) < 4.78 is 15.3. The molecule has 1 N–H and O–H groups in total. The summed E-state index contributed by atoms with van der Waals surface area (Å²) in [6.07, 6.45) is 3.24. The van der Waals surface area contributed by atoms with Crippen LogP contribution in [-0.4, -0.2) is 20.7 Å². The van der Waals surface area contributed by atoms with Gasteiger partial charge in [-0.15, -0.1) is 0 Å². The Bertz CT molecular complexity index is 1000. The van der Waals surface area contributed by atoms with Crippen molar-refractivity contribution in [2.45, 2.75) is 19.9 Å². The van der Waals surface area contributed by atoms with Crippen molar-refractivity contribution in [2.24, 2.45) is 0 Å². The van der Waals surface area contributed by atoms with Crippen LogP contribution in [0.1, 0.15) is 34.7 Å². The number of hydrogen-bond donors (Lipinski definition) is 1. The van der Waals surface area contributed by atoms with Crippen molar-refractivity contribution in [3.05, 3.63) is 87.9 Å². The van der Waals surface area contributed by atoms with Gasteiger partial charge in [0.2, 0.25) is 5.43 Å². The molecule has 0 saturated heterocycles.